The molecule has 1 aliphatic heterocycles. The minimum Gasteiger partial charge on any atom is -0.368 e. The van der Waals surface area contributed by atoms with E-state index in [9.17, 15) is 4.79 Å². The Hall–Kier alpha value is -2.98. The summed E-state index contributed by atoms with van der Waals surface area (Å²) in [5, 5.41) is 6.11. The molecule has 0 atom stereocenters. The van der Waals surface area contributed by atoms with Crippen LogP contribution in [0.2, 0.25) is 0 Å². The number of hydrogen-bond donors (Lipinski definition) is 2. The number of thiazole rings is 1. The number of carbonyl (C=O) groups excluding carboxylic acids is 1. The second-order valence-corrected chi connectivity index (χ2v) is 8.24. The van der Waals surface area contributed by atoms with Gasteiger partial charge in [-0.05, 0) is 26.0 Å². The highest BCUT2D eigenvalue weighted by Crippen LogP contribution is 2.24. The zero-order chi connectivity index (χ0) is 20.9. The van der Waals surface area contributed by atoms with Crippen LogP contribution in [0.5, 0.6) is 0 Å². The summed E-state index contributed by atoms with van der Waals surface area (Å²) >= 11 is 1.52. The Balaban J connectivity index is 1.31. The van der Waals surface area contributed by atoms with Gasteiger partial charge in [-0.3, -0.25) is 14.8 Å². The Morgan fingerprint density at radius 2 is 2.07 bits per heavy atom. The van der Waals surface area contributed by atoms with Gasteiger partial charge in [-0.25, -0.2) is 19.7 Å². The number of carbonyl (C=O) groups is 1. The van der Waals surface area contributed by atoms with Crippen LogP contribution < -0.4 is 15.5 Å². The van der Waals surface area contributed by atoms with Crippen molar-refractivity contribution in [2.24, 2.45) is 0 Å². The smallest absolute Gasteiger partial charge is 0.321 e. The maximum Gasteiger partial charge on any atom is 0.321 e. The standard InChI is InChI=1S/C20H26N8OS/c1-3-22-19(29)25-20-23-12-16(30-20)13-26-8-10-27(11-9-26)17-4-5-18(24-15(17)2)28-7-6-21-14-28/h4-7,12,14H,3,8-11,13H2,1-2H3,(H2,22,23,25,29). The number of aromatic nitrogens is 4. The van der Waals surface area contributed by atoms with Crippen molar-refractivity contribution in [2.75, 3.05) is 42.9 Å². The van der Waals surface area contributed by atoms with Gasteiger partial charge >= 0.3 is 6.03 Å². The predicted octanol–water partition coefficient (Wildman–Crippen LogP) is 2.50. The monoisotopic (exact) mass is 426 g/mol. The van der Waals surface area contributed by atoms with Gasteiger partial charge in [-0.2, -0.15) is 0 Å². The average Bonchev–Trinajstić information content (AvgIpc) is 3.41. The van der Waals surface area contributed by atoms with Gasteiger partial charge in [0, 0.05) is 62.7 Å². The van der Waals surface area contributed by atoms with Crippen LogP contribution in [0.15, 0.2) is 37.1 Å². The number of aryl methyl sites for hydroxylation is 1. The average molecular weight is 427 g/mol. The van der Waals surface area contributed by atoms with E-state index < -0.39 is 0 Å². The Kier molecular flexibility index (Phi) is 6.24. The maximum atomic E-state index is 11.6. The van der Waals surface area contributed by atoms with Crippen LogP contribution in [0.3, 0.4) is 0 Å². The third-order valence-corrected chi connectivity index (χ3v) is 5.91. The molecule has 2 N–H and O–H groups in total. The normalized spacial score (nSPS) is 14.7. The van der Waals surface area contributed by atoms with Crippen molar-refractivity contribution in [3.8, 4) is 5.82 Å². The van der Waals surface area contributed by atoms with Crippen molar-refractivity contribution in [1.29, 1.82) is 0 Å². The van der Waals surface area contributed by atoms with Crippen molar-refractivity contribution in [3.63, 3.8) is 0 Å². The zero-order valence-corrected chi connectivity index (χ0v) is 18.0. The van der Waals surface area contributed by atoms with E-state index >= 15 is 0 Å². The van der Waals surface area contributed by atoms with Gasteiger partial charge in [-0.1, -0.05) is 0 Å². The molecule has 10 heteroatoms. The molecule has 0 radical (unpaired) electrons. The molecule has 158 valence electrons. The minimum absolute atomic E-state index is 0.213. The molecule has 0 aliphatic carbocycles. The third kappa shape index (κ3) is 4.77. The number of hydrogen-bond acceptors (Lipinski definition) is 7. The number of urea groups is 1. The number of nitrogens with one attached hydrogen (secondary N) is 2. The maximum absolute atomic E-state index is 11.6. The lowest BCUT2D eigenvalue weighted by molar-refractivity contribution is 0.251. The summed E-state index contributed by atoms with van der Waals surface area (Å²) < 4.78 is 1.92. The van der Waals surface area contributed by atoms with Crippen LogP contribution in [0.25, 0.3) is 5.82 Å². The van der Waals surface area contributed by atoms with E-state index in [1.54, 1.807) is 12.5 Å². The molecule has 0 bridgehead atoms. The van der Waals surface area contributed by atoms with Crippen LogP contribution in [-0.2, 0) is 6.54 Å². The summed E-state index contributed by atoms with van der Waals surface area (Å²) in [5.41, 5.74) is 2.21. The Labute approximate surface area is 179 Å². The Morgan fingerprint density at radius 1 is 1.23 bits per heavy atom. The fourth-order valence-electron chi connectivity index (χ4n) is 3.52. The molecule has 0 saturated carbocycles. The van der Waals surface area contributed by atoms with E-state index in [1.807, 2.05) is 30.0 Å². The molecule has 1 aliphatic rings. The molecule has 3 aromatic rings. The summed E-state index contributed by atoms with van der Waals surface area (Å²) in [6, 6.07) is 3.97. The number of anilines is 2. The molecule has 3 aromatic heterocycles. The number of imidazole rings is 1. The fourth-order valence-corrected chi connectivity index (χ4v) is 4.37. The summed E-state index contributed by atoms with van der Waals surface area (Å²) in [5.74, 6) is 0.884. The highest BCUT2D eigenvalue weighted by Gasteiger charge is 2.20. The summed E-state index contributed by atoms with van der Waals surface area (Å²) in [7, 11) is 0. The highest BCUT2D eigenvalue weighted by atomic mass is 32.1. The van der Waals surface area contributed by atoms with E-state index in [0.29, 0.717) is 11.7 Å². The first kappa shape index (κ1) is 20.3. The number of piperazine rings is 1. The molecule has 0 aromatic carbocycles. The van der Waals surface area contributed by atoms with E-state index in [-0.39, 0.29) is 6.03 Å². The van der Waals surface area contributed by atoms with Gasteiger partial charge < -0.3 is 10.2 Å². The summed E-state index contributed by atoms with van der Waals surface area (Å²) in [4.78, 5) is 30.7. The van der Waals surface area contributed by atoms with Gasteiger partial charge in [0.25, 0.3) is 0 Å². The van der Waals surface area contributed by atoms with Crippen molar-refractivity contribution in [1.82, 2.24) is 29.7 Å². The second kappa shape index (κ2) is 9.23. The first-order valence-corrected chi connectivity index (χ1v) is 10.9. The number of amides is 2. The SMILES string of the molecule is CCNC(=O)Nc1ncc(CN2CCN(c3ccc(-n4ccnc4)nc3C)CC2)s1. The molecule has 1 fully saturated rings. The van der Waals surface area contributed by atoms with Gasteiger partial charge in [0.1, 0.15) is 12.1 Å². The van der Waals surface area contributed by atoms with Gasteiger partial charge in [0.2, 0.25) is 0 Å². The fraction of sp³-hybridized carbons (Fsp3) is 0.400. The number of pyridine rings is 1. The summed E-state index contributed by atoms with van der Waals surface area (Å²) in [6.07, 6.45) is 7.27. The largest absolute Gasteiger partial charge is 0.368 e. The molecular weight excluding hydrogens is 400 g/mol. The van der Waals surface area contributed by atoms with Crippen molar-refractivity contribution < 1.29 is 4.79 Å². The molecule has 1 saturated heterocycles. The van der Waals surface area contributed by atoms with Crippen LogP contribution in [0, 0.1) is 6.92 Å². The molecule has 9 nitrogen and oxygen atoms in total. The lowest BCUT2D eigenvalue weighted by Gasteiger charge is -2.36. The van der Waals surface area contributed by atoms with Gasteiger partial charge in [-0.15, -0.1) is 11.3 Å². The molecule has 0 spiro atoms. The number of rotatable bonds is 6. The molecular formula is C20H26N8OS. The van der Waals surface area contributed by atoms with Crippen molar-refractivity contribution in [3.05, 3.63) is 47.6 Å². The molecule has 4 rings (SSSR count). The van der Waals surface area contributed by atoms with Crippen LogP contribution in [0.4, 0.5) is 15.6 Å². The highest BCUT2D eigenvalue weighted by molar-refractivity contribution is 7.15. The van der Waals surface area contributed by atoms with E-state index in [0.717, 1.165) is 49.1 Å². The molecule has 4 heterocycles. The second-order valence-electron chi connectivity index (χ2n) is 7.12. The van der Waals surface area contributed by atoms with Crippen molar-refractivity contribution >= 4 is 28.2 Å². The van der Waals surface area contributed by atoms with E-state index in [1.165, 1.54) is 17.0 Å². The van der Waals surface area contributed by atoms with E-state index in [2.05, 4.69) is 43.4 Å². The lowest BCUT2D eigenvalue weighted by atomic mass is 10.2. The van der Waals surface area contributed by atoms with Crippen molar-refractivity contribution in [2.45, 2.75) is 20.4 Å². The van der Waals surface area contributed by atoms with E-state index in [4.69, 9.17) is 4.98 Å². The number of nitrogens with zero attached hydrogens (tertiary/aromatic N) is 6. The van der Waals surface area contributed by atoms with Crippen LogP contribution >= 0.6 is 11.3 Å². The molecule has 2 amide bonds. The predicted molar refractivity (Wildman–Crippen MR) is 118 cm³/mol. The quantitative estimate of drug-likeness (QED) is 0.629. The molecule has 0 unspecified atom stereocenters. The minimum atomic E-state index is -0.213. The Bertz CT molecular complexity index is 979. The third-order valence-electron chi connectivity index (χ3n) is 5.02. The van der Waals surface area contributed by atoms with Gasteiger partial charge in [0.05, 0.1) is 11.4 Å². The topological polar surface area (TPSA) is 91.2 Å². The Morgan fingerprint density at radius 3 is 2.77 bits per heavy atom. The first-order valence-electron chi connectivity index (χ1n) is 10.0. The lowest BCUT2D eigenvalue weighted by Crippen LogP contribution is -2.46. The first-order chi connectivity index (χ1) is 14.6. The van der Waals surface area contributed by atoms with Gasteiger partial charge in [0.15, 0.2) is 5.13 Å². The van der Waals surface area contributed by atoms with Crippen LogP contribution in [-0.4, -0.2) is 63.2 Å². The van der Waals surface area contributed by atoms with Crippen LogP contribution in [0.1, 0.15) is 17.5 Å². The zero-order valence-electron chi connectivity index (χ0n) is 17.2. The summed E-state index contributed by atoms with van der Waals surface area (Å²) in [6.45, 7) is 9.24. The molecule has 30 heavy (non-hydrogen) atoms.